The van der Waals surface area contributed by atoms with Crippen LogP contribution in [-0.4, -0.2) is 94.2 Å². The molecule has 0 radical (unpaired) electrons. The molecule has 0 bridgehead atoms. The third-order valence-corrected chi connectivity index (χ3v) is 9.30. The second-order valence-corrected chi connectivity index (χ2v) is 12.8. The van der Waals surface area contributed by atoms with E-state index in [4.69, 9.17) is 19.2 Å². The van der Waals surface area contributed by atoms with E-state index in [9.17, 15) is 13.2 Å². The fourth-order valence-electron chi connectivity index (χ4n) is 4.55. The first-order valence-corrected chi connectivity index (χ1v) is 14.8. The molecule has 1 saturated heterocycles. The standard InChI is InChI=1S/C26H32N4O6S2/c1-17-15-29(16-18(2)36-17)38(32,33)20-7-5-19(6-8-20)25(31)30(10-9-28(3)4)26-27-21-13-22-23(14-24(21)37-26)35-12-11-34-22/h5-8,13-14,17-18H,9-12,15-16H2,1-4H3/t17-,18-/m1/s1. The van der Waals surface area contributed by atoms with E-state index < -0.39 is 10.0 Å². The van der Waals surface area contributed by atoms with Gasteiger partial charge in [-0.15, -0.1) is 0 Å². The van der Waals surface area contributed by atoms with E-state index in [1.165, 1.54) is 27.8 Å². The molecule has 2 aliphatic rings. The molecule has 3 aromatic rings. The highest BCUT2D eigenvalue weighted by Crippen LogP contribution is 2.39. The molecule has 2 atom stereocenters. The minimum Gasteiger partial charge on any atom is -0.486 e. The SMILES string of the molecule is C[C@@H]1CN(S(=O)(=O)c2ccc(C(=O)N(CCN(C)C)c3nc4cc5c(cc4s3)OCCO5)cc2)C[C@@H](C)O1. The van der Waals surface area contributed by atoms with Crippen LogP contribution in [0.5, 0.6) is 11.5 Å². The highest BCUT2D eigenvalue weighted by molar-refractivity contribution is 7.89. The fraction of sp³-hybridized carbons (Fsp3) is 0.462. The van der Waals surface area contributed by atoms with Crippen molar-refractivity contribution in [3.8, 4) is 11.5 Å². The zero-order valence-electron chi connectivity index (χ0n) is 21.9. The summed E-state index contributed by atoms with van der Waals surface area (Å²) < 4.78 is 45.9. The number of aromatic nitrogens is 1. The summed E-state index contributed by atoms with van der Waals surface area (Å²) in [5.41, 5.74) is 1.11. The Hall–Kier alpha value is -2.77. The molecule has 38 heavy (non-hydrogen) atoms. The molecule has 5 rings (SSSR count). The number of rotatable bonds is 7. The van der Waals surface area contributed by atoms with Crippen LogP contribution in [0.4, 0.5) is 5.13 Å². The van der Waals surface area contributed by atoms with Gasteiger partial charge in [0.25, 0.3) is 5.91 Å². The number of amides is 1. The maximum absolute atomic E-state index is 13.7. The van der Waals surface area contributed by atoms with E-state index in [1.807, 2.05) is 45.0 Å². The summed E-state index contributed by atoms with van der Waals surface area (Å²) in [5, 5.41) is 0.558. The molecule has 0 N–H and O–H groups in total. The third kappa shape index (κ3) is 5.50. The lowest BCUT2D eigenvalue weighted by molar-refractivity contribution is -0.0440. The van der Waals surface area contributed by atoms with Gasteiger partial charge in [0, 0.05) is 43.9 Å². The van der Waals surface area contributed by atoms with Gasteiger partial charge >= 0.3 is 0 Å². The van der Waals surface area contributed by atoms with Crippen molar-refractivity contribution < 1.29 is 27.4 Å². The van der Waals surface area contributed by atoms with Crippen LogP contribution in [0.3, 0.4) is 0 Å². The number of carbonyl (C=O) groups is 1. The van der Waals surface area contributed by atoms with Crippen molar-refractivity contribution >= 4 is 42.6 Å². The van der Waals surface area contributed by atoms with Gasteiger partial charge in [-0.1, -0.05) is 11.3 Å². The van der Waals surface area contributed by atoms with Crippen LogP contribution in [0, 0.1) is 0 Å². The number of benzene rings is 2. The number of hydrogen-bond donors (Lipinski definition) is 0. The quantitative estimate of drug-likeness (QED) is 0.435. The molecule has 2 aliphatic heterocycles. The lowest BCUT2D eigenvalue weighted by Crippen LogP contribution is -2.48. The zero-order chi connectivity index (χ0) is 27.0. The van der Waals surface area contributed by atoms with Crippen LogP contribution in [0.2, 0.25) is 0 Å². The van der Waals surface area contributed by atoms with Gasteiger partial charge in [0.05, 0.1) is 27.3 Å². The molecule has 2 aromatic carbocycles. The molecule has 0 saturated carbocycles. The first kappa shape index (κ1) is 26.8. The number of carbonyl (C=O) groups excluding carboxylic acids is 1. The Labute approximate surface area is 226 Å². The number of hydrogen-bond acceptors (Lipinski definition) is 9. The second kappa shape index (κ2) is 10.8. The van der Waals surface area contributed by atoms with E-state index in [2.05, 4.69) is 0 Å². The van der Waals surface area contributed by atoms with Gasteiger partial charge < -0.3 is 19.1 Å². The molecule has 1 fully saturated rings. The van der Waals surface area contributed by atoms with Crippen molar-refractivity contribution in [1.29, 1.82) is 0 Å². The number of morpholine rings is 1. The molecule has 1 amide bonds. The molecule has 3 heterocycles. The smallest absolute Gasteiger partial charge is 0.260 e. The van der Waals surface area contributed by atoms with Crippen LogP contribution in [-0.2, 0) is 14.8 Å². The minimum absolute atomic E-state index is 0.153. The van der Waals surface area contributed by atoms with Crippen molar-refractivity contribution in [3.63, 3.8) is 0 Å². The van der Waals surface area contributed by atoms with Crippen LogP contribution in [0.25, 0.3) is 10.2 Å². The normalized spacial score (nSPS) is 20.1. The highest BCUT2D eigenvalue weighted by Gasteiger charge is 2.32. The Morgan fingerprint density at radius 2 is 1.66 bits per heavy atom. The van der Waals surface area contributed by atoms with Crippen molar-refractivity contribution in [2.75, 3.05) is 58.4 Å². The number of sulfonamides is 1. The van der Waals surface area contributed by atoms with E-state index in [0.29, 0.717) is 61.6 Å². The average Bonchev–Trinajstić information content (AvgIpc) is 3.29. The van der Waals surface area contributed by atoms with Gasteiger partial charge in [-0.2, -0.15) is 4.31 Å². The molecule has 0 spiro atoms. The van der Waals surface area contributed by atoms with E-state index >= 15 is 0 Å². The van der Waals surface area contributed by atoms with Gasteiger partial charge in [0.1, 0.15) is 13.2 Å². The van der Waals surface area contributed by atoms with Crippen LogP contribution < -0.4 is 14.4 Å². The van der Waals surface area contributed by atoms with Crippen molar-refractivity contribution in [2.24, 2.45) is 0 Å². The Balaban J connectivity index is 1.42. The number of fused-ring (bicyclic) bond motifs is 2. The number of thiazole rings is 1. The maximum Gasteiger partial charge on any atom is 0.260 e. The molecule has 12 heteroatoms. The number of likely N-dealkylation sites (N-methyl/N-ethyl adjacent to an activating group) is 1. The lowest BCUT2D eigenvalue weighted by atomic mass is 10.2. The number of anilines is 1. The molecule has 0 unspecified atom stereocenters. The maximum atomic E-state index is 13.7. The number of nitrogens with zero attached hydrogens (tertiary/aromatic N) is 4. The van der Waals surface area contributed by atoms with Crippen LogP contribution in [0.15, 0.2) is 41.3 Å². The monoisotopic (exact) mass is 560 g/mol. The zero-order valence-corrected chi connectivity index (χ0v) is 23.5. The van der Waals surface area contributed by atoms with Gasteiger partial charge in [-0.3, -0.25) is 9.69 Å². The van der Waals surface area contributed by atoms with E-state index in [-0.39, 0.29) is 23.0 Å². The predicted molar refractivity (Wildman–Crippen MR) is 146 cm³/mol. The van der Waals surface area contributed by atoms with Gasteiger partial charge in [-0.05, 0) is 52.2 Å². The van der Waals surface area contributed by atoms with Gasteiger partial charge in [0.2, 0.25) is 10.0 Å². The van der Waals surface area contributed by atoms with Gasteiger partial charge in [-0.25, -0.2) is 13.4 Å². The summed E-state index contributed by atoms with van der Waals surface area (Å²) in [5.74, 6) is 1.07. The van der Waals surface area contributed by atoms with Crippen LogP contribution in [0.1, 0.15) is 24.2 Å². The largest absolute Gasteiger partial charge is 0.486 e. The fourth-order valence-corrected chi connectivity index (χ4v) is 7.14. The minimum atomic E-state index is -3.70. The molecular formula is C26H32N4O6S2. The summed E-state index contributed by atoms with van der Waals surface area (Å²) in [6.45, 7) is 6.34. The summed E-state index contributed by atoms with van der Waals surface area (Å²) in [6, 6.07) is 9.87. The van der Waals surface area contributed by atoms with Gasteiger partial charge in [0.15, 0.2) is 16.6 Å². The summed E-state index contributed by atoms with van der Waals surface area (Å²) in [6.07, 6.45) is -0.366. The molecule has 10 nitrogen and oxygen atoms in total. The molecular weight excluding hydrogens is 528 g/mol. The van der Waals surface area contributed by atoms with Crippen molar-refractivity contribution in [2.45, 2.75) is 31.0 Å². The average molecular weight is 561 g/mol. The third-order valence-electron chi connectivity index (χ3n) is 6.41. The molecule has 1 aromatic heterocycles. The van der Waals surface area contributed by atoms with Crippen molar-refractivity contribution in [3.05, 3.63) is 42.0 Å². The topological polar surface area (TPSA) is 102 Å². The second-order valence-electron chi connectivity index (χ2n) is 9.82. The summed E-state index contributed by atoms with van der Waals surface area (Å²) >= 11 is 1.40. The Morgan fingerprint density at radius 1 is 1.03 bits per heavy atom. The Morgan fingerprint density at radius 3 is 2.29 bits per heavy atom. The first-order valence-electron chi connectivity index (χ1n) is 12.5. The summed E-state index contributed by atoms with van der Waals surface area (Å²) in [7, 11) is 0.180. The van der Waals surface area contributed by atoms with E-state index in [0.717, 1.165) is 10.2 Å². The summed E-state index contributed by atoms with van der Waals surface area (Å²) in [4.78, 5) is 22.2. The Bertz CT molecular complexity index is 1370. The predicted octanol–water partition coefficient (Wildman–Crippen LogP) is 3.07. The van der Waals surface area contributed by atoms with Crippen LogP contribution >= 0.6 is 11.3 Å². The first-order chi connectivity index (χ1) is 18.1. The Kier molecular flexibility index (Phi) is 7.60. The molecule has 204 valence electrons. The highest BCUT2D eigenvalue weighted by atomic mass is 32.2. The van der Waals surface area contributed by atoms with E-state index in [1.54, 1.807) is 17.0 Å². The van der Waals surface area contributed by atoms with Crippen molar-refractivity contribution in [1.82, 2.24) is 14.2 Å². The number of ether oxygens (including phenoxy) is 3. The lowest BCUT2D eigenvalue weighted by Gasteiger charge is -2.34. The molecule has 0 aliphatic carbocycles.